The third kappa shape index (κ3) is 7.08. The molecular weight excluding hydrogens is 300 g/mol. The molecule has 0 radical (unpaired) electrons. The van der Waals surface area contributed by atoms with Gasteiger partial charge in [-0.15, -0.1) is 11.8 Å². The minimum atomic E-state index is -0.673. The van der Waals surface area contributed by atoms with Crippen LogP contribution in [0.3, 0.4) is 0 Å². The van der Waals surface area contributed by atoms with E-state index in [4.69, 9.17) is 4.74 Å². The van der Waals surface area contributed by atoms with Crippen molar-refractivity contribution < 1.29 is 23.1 Å². The van der Waals surface area contributed by atoms with E-state index in [1.807, 2.05) is 0 Å². The first-order valence-corrected chi connectivity index (χ1v) is 7.20. The summed E-state index contributed by atoms with van der Waals surface area (Å²) in [5.74, 6) is -2.49. The molecule has 116 valence electrons. The van der Waals surface area contributed by atoms with Crippen molar-refractivity contribution in [1.29, 1.82) is 0 Å². The zero-order valence-electron chi connectivity index (χ0n) is 12.0. The van der Waals surface area contributed by atoms with Gasteiger partial charge in [-0.3, -0.25) is 9.59 Å². The molecule has 1 amide bonds. The number of amides is 1. The summed E-state index contributed by atoms with van der Waals surface area (Å²) in [6.07, 6.45) is 0. The maximum absolute atomic E-state index is 13.3. The van der Waals surface area contributed by atoms with Gasteiger partial charge in [-0.25, -0.2) is 8.78 Å². The van der Waals surface area contributed by atoms with Crippen LogP contribution in [0.25, 0.3) is 0 Å². The van der Waals surface area contributed by atoms with Gasteiger partial charge in [-0.2, -0.15) is 0 Å². The summed E-state index contributed by atoms with van der Waals surface area (Å²) in [4.78, 5) is 22.9. The first-order valence-electron chi connectivity index (χ1n) is 6.22. The van der Waals surface area contributed by atoms with Crippen LogP contribution in [0.4, 0.5) is 8.78 Å². The number of ether oxygens (including phenoxy) is 1. The summed E-state index contributed by atoms with van der Waals surface area (Å²) in [6.45, 7) is 5.00. The molecule has 1 aromatic rings. The van der Waals surface area contributed by atoms with Gasteiger partial charge in [-0.1, -0.05) is 0 Å². The van der Waals surface area contributed by atoms with Gasteiger partial charge in [0.2, 0.25) is 0 Å². The lowest BCUT2D eigenvalue weighted by Crippen LogP contribution is -2.42. The largest absolute Gasteiger partial charge is 0.455 e. The average molecular weight is 317 g/mol. The maximum atomic E-state index is 13.3. The Morgan fingerprint density at radius 2 is 1.95 bits per heavy atom. The maximum Gasteiger partial charge on any atom is 0.316 e. The second kappa shape index (κ2) is 7.40. The van der Waals surface area contributed by atoms with Crippen LogP contribution in [-0.2, 0) is 14.3 Å². The number of carbonyl (C=O) groups is 2. The molecule has 1 N–H and O–H groups in total. The molecule has 0 saturated heterocycles. The molecular formula is C14H17F2NO3S. The van der Waals surface area contributed by atoms with E-state index in [0.717, 1.165) is 30.0 Å². The van der Waals surface area contributed by atoms with Crippen LogP contribution in [0.15, 0.2) is 23.1 Å². The Hall–Kier alpha value is -1.63. The van der Waals surface area contributed by atoms with Gasteiger partial charge in [-0.05, 0) is 39.0 Å². The lowest BCUT2D eigenvalue weighted by atomic mass is 10.1. The Bertz CT molecular complexity index is 529. The van der Waals surface area contributed by atoms with Gasteiger partial charge in [0.15, 0.2) is 6.61 Å². The van der Waals surface area contributed by atoms with E-state index in [-0.39, 0.29) is 10.6 Å². The second-order valence-corrected chi connectivity index (χ2v) is 6.34. The number of carbonyl (C=O) groups excluding carboxylic acids is 2. The molecule has 0 spiro atoms. The van der Waals surface area contributed by atoms with E-state index in [1.165, 1.54) is 0 Å². The Labute approximate surface area is 126 Å². The SMILES string of the molecule is CC(C)(C)NC(=O)COC(=O)CSc1cc(F)ccc1F. The molecule has 21 heavy (non-hydrogen) atoms. The fraction of sp³-hybridized carbons (Fsp3) is 0.429. The number of rotatable bonds is 5. The molecule has 0 saturated carbocycles. The topological polar surface area (TPSA) is 55.4 Å². The zero-order chi connectivity index (χ0) is 16.0. The Morgan fingerprint density at radius 3 is 2.57 bits per heavy atom. The van der Waals surface area contributed by atoms with Crippen LogP contribution < -0.4 is 5.32 Å². The summed E-state index contributed by atoms with van der Waals surface area (Å²) in [6, 6.07) is 2.98. The molecule has 0 aliphatic heterocycles. The van der Waals surface area contributed by atoms with Crippen LogP contribution >= 0.6 is 11.8 Å². The van der Waals surface area contributed by atoms with Gasteiger partial charge >= 0.3 is 5.97 Å². The first kappa shape index (κ1) is 17.4. The minimum Gasteiger partial charge on any atom is -0.455 e. The normalized spacial score (nSPS) is 11.1. The van der Waals surface area contributed by atoms with Crippen molar-refractivity contribution in [1.82, 2.24) is 5.32 Å². The summed E-state index contributed by atoms with van der Waals surface area (Å²) in [7, 11) is 0. The molecule has 0 bridgehead atoms. The van der Waals surface area contributed by atoms with Crippen molar-refractivity contribution in [2.45, 2.75) is 31.2 Å². The number of benzene rings is 1. The fourth-order valence-corrected chi connectivity index (χ4v) is 2.13. The highest BCUT2D eigenvalue weighted by molar-refractivity contribution is 8.00. The molecule has 1 aromatic carbocycles. The van der Waals surface area contributed by atoms with Gasteiger partial charge < -0.3 is 10.1 Å². The molecule has 0 aliphatic rings. The van der Waals surface area contributed by atoms with E-state index < -0.39 is 35.7 Å². The highest BCUT2D eigenvalue weighted by atomic mass is 32.2. The number of esters is 1. The number of halogens is 2. The van der Waals surface area contributed by atoms with Crippen LogP contribution in [0.2, 0.25) is 0 Å². The molecule has 0 heterocycles. The average Bonchev–Trinajstić information content (AvgIpc) is 2.35. The van der Waals surface area contributed by atoms with E-state index in [1.54, 1.807) is 20.8 Å². The third-order valence-corrected chi connectivity index (χ3v) is 3.12. The number of hydrogen-bond acceptors (Lipinski definition) is 4. The Kier molecular flexibility index (Phi) is 6.14. The minimum absolute atomic E-state index is 0.0195. The fourth-order valence-electron chi connectivity index (χ4n) is 1.37. The van der Waals surface area contributed by atoms with Crippen molar-refractivity contribution in [3.8, 4) is 0 Å². The molecule has 0 fully saturated rings. The monoisotopic (exact) mass is 317 g/mol. The number of thioether (sulfide) groups is 1. The van der Waals surface area contributed by atoms with Crippen LogP contribution in [-0.4, -0.2) is 29.8 Å². The first-order chi connectivity index (χ1) is 9.67. The van der Waals surface area contributed by atoms with Crippen molar-refractivity contribution in [2.75, 3.05) is 12.4 Å². The standard InChI is InChI=1S/C14H17F2NO3S/c1-14(2,3)17-12(18)7-20-13(19)8-21-11-6-9(15)4-5-10(11)16/h4-6H,7-8H2,1-3H3,(H,17,18). The van der Waals surface area contributed by atoms with Crippen LogP contribution in [0.5, 0.6) is 0 Å². The number of nitrogens with one attached hydrogen (secondary N) is 1. The van der Waals surface area contributed by atoms with Crippen molar-refractivity contribution in [3.05, 3.63) is 29.8 Å². The lowest BCUT2D eigenvalue weighted by Gasteiger charge is -2.20. The van der Waals surface area contributed by atoms with E-state index >= 15 is 0 Å². The summed E-state index contributed by atoms with van der Waals surface area (Å²) in [5, 5.41) is 2.63. The summed E-state index contributed by atoms with van der Waals surface area (Å²) >= 11 is 0.813. The summed E-state index contributed by atoms with van der Waals surface area (Å²) < 4.78 is 31.0. The van der Waals surface area contributed by atoms with E-state index in [9.17, 15) is 18.4 Å². The second-order valence-electron chi connectivity index (χ2n) is 5.32. The number of hydrogen-bond donors (Lipinski definition) is 1. The molecule has 0 aliphatic carbocycles. The van der Waals surface area contributed by atoms with Gasteiger partial charge in [0.1, 0.15) is 11.6 Å². The predicted molar refractivity (Wildman–Crippen MR) is 75.9 cm³/mol. The molecule has 0 unspecified atom stereocenters. The Morgan fingerprint density at radius 1 is 1.29 bits per heavy atom. The molecule has 7 heteroatoms. The van der Waals surface area contributed by atoms with Crippen molar-refractivity contribution in [2.24, 2.45) is 0 Å². The molecule has 0 aromatic heterocycles. The summed E-state index contributed by atoms with van der Waals surface area (Å²) in [5.41, 5.74) is -0.414. The van der Waals surface area contributed by atoms with E-state index in [2.05, 4.69) is 5.32 Å². The van der Waals surface area contributed by atoms with Crippen LogP contribution in [0.1, 0.15) is 20.8 Å². The van der Waals surface area contributed by atoms with Crippen LogP contribution in [0, 0.1) is 11.6 Å². The lowest BCUT2D eigenvalue weighted by molar-refractivity contribution is -0.146. The van der Waals surface area contributed by atoms with Gasteiger partial charge in [0.05, 0.1) is 5.75 Å². The third-order valence-electron chi connectivity index (χ3n) is 2.12. The van der Waals surface area contributed by atoms with Crippen molar-refractivity contribution in [3.63, 3.8) is 0 Å². The Balaban J connectivity index is 2.38. The zero-order valence-corrected chi connectivity index (χ0v) is 12.9. The van der Waals surface area contributed by atoms with Gasteiger partial charge in [0.25, 0.3) is 5.91 Å². The highest BCUT2D eigenvalue weighted by Crippen LogP contribution is 2.22. The highest BCUT2D eigenvalue weighted by Gasteiger charge is 2.15. The predicted octanol–water partition coefficient (Wildman–Crippen LogP) is 2.51. The smallest absolute Gasteiger partial charge is 0.316 e. The molecule has 1 rings (SSSR count). The van der Waals surface area contributed by atoms with Gasteiger partial charge in [0, 0.05) is 10.4 Å². The molecule has 4 nitrogen and oxygen atoms in total. The van der Waals surface area contributed by atoms with E-state index in [0.29, 0.717) is 0 Å². The molecule has 0 atom stereocenters. The van der Waals surface area contributed by atoms with Crippen molar-refractivity contribution >= 4 is 23.6 Å². The quantitative estimate of drug-likeness (QED) is 0.670.